The van der Waals surface area contributed by atoms with E-state index in [-0.39, 0.29) is 23.9 Å². The van der Waals surface area contributed by atoms with E-state index < -0.39 is 15.9 Å². The number of ether oxygens (including phenoxy) is 1. The van der Waals surface area contributed by atoms with E-state index in [0.717, 1.165) is 12.5 Å². The minimum atomic E-state index is -3.67. The third kappa shape index (κ3) is 4.59. The molecule has 31 heavy (non-hydrogen) atoms. The van der Waals surface area contributed by atoms with Crippen LogP contribution in [0.5, 0.6) is 5.88 Å². The van der Waals surface area contributed by atoms with Crippen LogP contribution in [0.15, 0.2) is 48.9 Å². The highest BCUT2D eigenvalue weighted by Gasteiger charge is 2.17. The summed E-state index contributed by atoms with van der Waals surface area (Å²) in [7, 11) is -2.17. The fourth-order valence-electron chi connectivity index (χ4n) is 2.83. The van der Waals surface area contributed by atoms with E-state index in [2.05, 4.69) is 25.4 Å². The van der Waals surface area contributed by atoms with Crippen molar-refractivity contribution >= 4 is 27.1 Å². The molecule has 10 nitrogen and oxygen atoms in total. The molecule has 160 valence electrons. The van der Waals surface area contributed by atoms with E-state index in [1.54, 1.807) is 30.5 Å². The van der Waals surface area contributed by atoms with Crippen LogP contribution < -0.4 is 10.1 Å². The Morgan fingerprint density at radius 3 is 2.77 bits per heavy atom. The summed E-state index contributed by atoms with van der Waals surface area (Å²) in [5.41, 5.74) is 1.48. The molecule has 12 heteroatoms. The van der Waals surface area contributed by atoms with Crippen LogP contribution in [0, 0.1) is 5.82 Å². The van der Waals surface area contributed by atoms with Gasteiger partial charge in [-0.1, -0.05) is 6.07 Å². The summed E-state index contributed by atoms with van der Waals surface area (Å²) < 4.78 is 48.6. The lowest BCUT2D eigenvalue weighted by Crippen LogP contribution is -2.07. The minimum Gasteiger partial charge on any atom is -0.481 e. The molecule has 4 aromatic rings. The Kier molecular flexibility index (Phi) is 5.48. The molecule has 0 unspecified atom stereocenters. The maximum atomic E-state index is 14.2. The van der Waals surface area contributed by atoms with Gasteiger partial charge in [-0.15, -0.1) is 5.10 Å². The quantitative estimate of drug-likeness (QED) is 0.429. The van der Waals surface area contributed by atoms with Crippen molar-refractivity contribution in [3.63, 3.8) is 0 Å². The molecule has 0 radical (unpaired) electrons. The number of halogens is 1. The van der Waals surface area contributed by atoms with Gasteiger partial charge in [0.05, 0.1) is 31.9 Å². The van der Waals surface area contributed by atoms with Crippen LogP contribution in [0.4, 0.5) is 15.9 Å². The molecule has 0 aliphatic rings. The van der Waals surface area contributed by atoms with Gasteiger partial charge in [0.25, 0.3) is 10.1 Å². The zero-order valence-corrected chi connectivity index (χ0v) is 17.3. The summed E-state index contributed by atoms with van der Waals surface area (Å²) in [5.74, 6) is 0.276. The van der Waals surface area contributed by atoms with Gasteiger partial charge in [-0.2, -0.15) is 8.42 Å². The highest BCUT2D eigenvalue weighted by atomic mass is 32.2. The maximum Gasteiger partial charge on any atom is 0.264 e. The van der Waals surface area contributed by atoms with Crippen molar-refractivity contribution in [2.75, 3.05) is 18.7 Å². The fourth-order valence-corrected chi connectivity index (χ4v) is 3.17. The van der Waals surface area contributed by atoms with Gasteiger partial charge in [0.2, 0.25) is 11.7 Å². The molecule has 0 saturated heterocycles. The van der Waals surface area contributed by atoms with Crippen LogP contribution in [-0.2, 0) is 20.9 Å². The molecule has 0 spiro atoms. The molecular weight excluding hydrogens is 427 g/mol. The van der Waals surface area contributed by atoms with Crippen LogP contribution in [0.2, 0.25) is 0 Å². The van der Waals surface area contributed by atoms with E-state index in [0.29, 0.717) is 22.7 Å². The standard InChI is InChI=1S/C19H17FN6O4S/c1-29-16-5-3-4-15(22-16)18-24-19(23-14-6-8-21-10-13(14)20)17-12(7-9-26(17)25-18)11-30-31(2,27)28/h3-10H,11H2,1-2H3,(H,21,23,24,25). The highest BCUT2D eigenvalue weighted by molar-refractivity contribution is 7.85. The van der Waals surface area contributed by atoms with Crippen LogP contribution in [0.25, 0.3) is 17.0 Å². The number of hydrogen-bond donors (Lipinski definition) is 1. The van der Waals surface area contributed by atoms with Gasteiger partial charge < -0.3 is 10.1 Å². The molecule has 0 fully saturated rings. The number of pyridine rings is 2. The normalized spacial score (nSPS) is 11.6. The first-order valence-corrected chi connectivity index (χ1v) is 10.8. The third-order valence-corrected chi connectivity index (χ3v) is 4.76. The Labute approximate surface area is 176 Å². The molecule has 0 aliphatic heterocycles. The first kappa shape index (κ1) is 20.6. The molecule has 1 N–H and O–H groups in total. The van der Waals surface area contributed by atoms with Crippen LogP contribution >= 0.6 is 0 Å². The predicted molar refractivity (Wildman–Crippen MR) is 110 cm³/mol. The highest BCUT2D eigenvalue weighted by Crippen LogP contribution is 2.28. The van der Waals surface area contributed by atoms with Crippen molar-refractivity contribution in [1.29, 1.82) is 0 Å². The summed E-state index contributed by atoms with van der Waals surface area (Å²) >= 11 is 0. The van der Waals surface area contributed by atoms with Crippen molar-refractivity contribution in [3.05, 3.63) is 60.3 Å². The molecule has 4 rings (SSSR count). The average Bonchev–Trinajstić information content (AvgIpc) is 3.17. The molecule has 0 atom stereocenters. The maximum absolute atomic E-state index is 14.2. The molecule has 0 saturated carbocycles. The molecule has 0 bridgehead atoms. The van der Waals surface area contributed by atoms with Crippen LogP contribution in [0.1, 0.15) is 5.56 Å². The summed E-state index contributed by atoms with van der Waals surface area (Å²) in [5, 5.41) is 7.37. The fraction of sp³-hybridized carbons (Fsp3) is 0.158. The Balaban J connectivity index is 1.86. The molecular formula is C19H17FN6O4S. The van der Waals surface area contributed by atoms with Gasteiger partial charge in [-0.05, 0) is 18.2 Å². The Bertz CT molecular complexity index is 1360. The van der Waals surface area contributed by atoms with Gasteiger partial charge in [-0.3, -0.25) is 9.17 Å². The minimum absolute atomic E-state index is 0.135. The lowest BCUT2D eigenvalue weighted by atomic mass is 10.2. The van der Waals surface area contributed by atoms with Crippen molar-refractivity contribution in [1.82, 2.24) is 24.6 Å². The number of fused-ring (bicyclic) bond motifs is 1. The number of nitrogens with one attached hydrogen (secondary N) is 1. The first-order chi connectivity index (χ1) is 14.8. The second-order valence-corrected chi connectivity index (χ2v) is 8.07. The third-order valence-electron chi connectivity index (χ3n) is 4.21. The Morgan fingerprint density at radius 1 is 1.19 bits per heavy atom. The molecule has 4 heterocycles. The van der Waals surface area contributed by atoms with Crippen molar-refractivity contribution in [3.8, 4) is 17.4 Å². The molecule has 4 aromatic heterocycles. The second-order valence-electron chi connectivity index (χ2n) is 6.43. The summed E-state index contributed by atoms with van der Waals surface area (Å²) in [4.78, 5) is 12.6. The number of nitrogens with zero attached hydrogens (tertiary/aromatic N) is 5. The van der Waals surface area contributed by atoms with E-state index >= 15 is 0 Å². The van der Waals surface area contributed by atoms with Crippen LogP contribution in [0.3, 0.4) is 0 Å². The number of hydrogen-bond acceptors (Lipinski definition) is 9. The summed E-state index contributed by atoms with van der Waals surface area (Å²) in [6, 6.07) is 8.23. The van der Waals surface area contributed by atoms with Crippen LogP contribution in [-0.4, -0.2) is 46.3 Å². The number of aromatic nitrogens is 5. The Hall–Kier alpha value is -3.64. The monoisotopic (exact) mass is 444 g/mol. The molecule has 0 amide bonds. The number of methoxy groups -OCH3 is 1. The van der Waals surface area contributed by atoms with Crippen molar-refractivity contribution < 1.29 is 21.7 Å². The van der Waals surface area contributed by atoms with Gasteiger partial charge in [0, 0.05) is 24.0 Å². The summed E-state index contributed by atoms with van der Waals surface area (Å²) in [6.45, 7) is -0.233. The largest absolute Gasteiger partial charge is 0.481 e. The topological polar surface area (TPSA) is 121 Å². The van der Waals surface area contributed by atoms with Gasteiger partial charge in [0.15, 0.2) is 11.6 Å². The first-order valence-electron chi connectivity index (χ1n) is 8.94. The van der Waals surface area contributed by atoms with E-state index in [1.807, 2.05) is 0 Å². The van der Waals surface area contributed by atoms with Crippen molar-refractivity contribution in [2.24, 2.45) is 0 Å². The Morgan fingerprint density at radius 2 is 2.03 bits per heavy atom. The number of rotatable bonds is 7. The summed E-state index contributed by atoms with van der Waals surface area (Å²) in [6.07, 6.45) is 5.08. The zero-order chi connectivity index (χ0) is 22.0. The lowest BCUT2D eigenvalue weighted by molar-refractivity contribution is 0.313. The van der Waals surface area contributed by atoms with Gasteiger partial charge >= 0.3 is 0 Å². The number of anilines is 2. The predicted octanol–water partition coefficient (Wildman–Crippen LogP) is 2.55. The lowest BCUT2D eigenvalue weighted by Gasteiger charge is -2.12. The smallest absolute Gasteiger partial charge is 0.264 e. The van der Waals surface area contributed by atoms with Crippen molar-refractivity contribution in [2.45, 2.75) is 6.61 Å². The zero-order valence-electron chi connectivity index (χ0n) is 16.5. The van der Waals surface area contributed by atoms with E-state index in [4.69, 9.17) is 8.92 Å². The second kappa shape index (κ2) is 8.24. The van der Waals surface area contributed by atoms with E-state index in [9.17, 15) is 12.8 Å². The van der Waals surface area contributed by atoms with Gasteiger partial charge in [0.1, 0.15) is 11.2 Å². The molecule has 0 aliphatic carbocycles. The SMILES string of the molecule is COc1cccc(-c2nc(Nc3ccncc3F)c3c(COS(C)(=O)=O)ccn3n2)n1. The average molecular weight is 444 g/mol. The molecule has 0 aromatic carbocycles. The van der Waals surface area contributed by atoms with Gasteiger partial charge in [-0.25, -0.2) is 18.9 Å². The van der Waals surface area contributed by atoms with E-state index in [1.165, 1.54) is 23.9 Å².